The highest BCUT2D eigenvalue weighted by Gasteiger charge is 2.67. The molecule has 1 aromatic carbocycles. The SMILES string of the molecule is CCOC(=O)C1=C2N3CCCCCC3=NN2C(=O)N[C@]1(c1ccccc1)C(F)(F)F. The van der Waals surface area contributed by atoms with Crippen LogP contribution in [0.2, 0.25) is 0 Å². The molecule has 1 saturated heterocycles. The molecule has 1 atom stereocenters. The van der Waals surface area contributed by atoms with Crippen molar-refractivity contribution in [2.24, 2.45) is 5.10 Å². The molecule has 10 heteroatoms. The molecule has 0 unspecified atom stereocenters. The van der Waals surface area contributed by atoms with E-state index < -0.39 is 29.3 Å². The summed E-state index contributed by atoms with van der Waals surface area (Å²) in [6.07, 6.45) is -2.12. The van der Waals surface area contributed by atoms with E-state index >= 15 is 0 Å². The van der Waals surface area contributed by atoms with Crippen LogP contribution in [0, 0.1) is 0 Å². The Hall–Kier alpha value is -3.04. The number of hydrazone groups is 1. The van der Waals surface area contributed by atoms with Gasteiger partial charge in [-0.05, 0) is 25.3 Å². The number of ether oxygens (including phenoxy) is 1. The quantitative estimate of drug-likeness (QED) is 0.758. The number of carbonyl (C=O) groups excluding carboxylic acids is 2. The highest BCUT2D eigenvalue weighted by atomic mass is 19.4. The lowest BCUT2D eigenvalue weighted by Gasteiger charge is -2.43. The molecule has 3 aliphatic heterocycles. The van der Waals surface area contributed by atoms with E-state index in [1.54, 1.807) is 11.0 Å². The largest absolute Gasteiger partial charge is 0.462 e. The molecule has 2 amide bonds. The summed E-state index contributed by atoms with van der Waals surface area (Å²) in [5.41, 5.74) is -4.01. The lowest BCUT2D eigenvalue weighted by atomic mass is 9.80. The van der Waals surface area contributed by atoms with E-state index in [2.05, 4.69) is 5.10 Å². The fourth-order valence-corrected chi connectivity index (χ4v) is 4.16. The molecule has 3 heterocycles. The van der Waals surface area contributed by atoms with Crippen molar-refractivity contribution in [2.75, 3.05) is 13.2 Å². The third kappa shape index (κ3) is 2.93. The molecule has 0 aromatic heterocycles. The van der Waals surface area contributed by atoms with Crippen LogP contribution in [0.4, 0.5) is 18.0 Å². The first-order chi connectivity index (χ1) is 14.3. The van der Waals surface area contributed by atoms with E-state index in [0.717, 1.165) is 17.9 Å². The monoisotopic (exact) mass is 422 g/mol. The summed E-state index contributed by atoms with van der Waals surface area (Å²) < 4.78 is 49.3. The molecule has 0 radical (unpaired) electrons. The molecular formula is C20H21F3N4O3. The second-order valence-electron chi connectivity index (χ2n) is 7.25. The summed E-state index contributed by atoms with van der Waals surface area (Å²) in [5, 5.41) is 7.14. The van der Waals surface area contributed by atoms with Crippen molar-refractivity contribution in [3.63, 3.8) is 0 Å². The molecule has 0 bridgehead atoms. The van der Waals surface area contributed by atoms with Crippen LogP contribution in [0.15, 0.2) is 46.8 Å². The Labute approximate surface area is 171 Å². The van der Waals surface area contributed by atoms with Crippen LogP contribution in [0.1, 0.15) is 38.2 Å². The highest BCUT2D eigenvalue weighted by molar-refractivity contribution is 6.00. The van der Waals surface area contributed by atoms with Crippen molar-refractivity contribution in [3.05, 3.63) is 47.3 Å². The standard InChI is InChI=1S/C20H21F3N4O3/c1-2-30-17(28)15-16-26-12-8-4-7-11-14(26)25-27(16)18(29)24-19(15,20(21,22)23)13-9-5-3-6-10-13/h3,5-6,9-10H,2,4,7-8,11-12H2,1H3,(H,24,29)/t19-/m0/s1. The number of rotatable bonds is 3. The van der Waals surface area contributed by atoms with Crippen LogP contribution in [0.3, 0.4) is 0 Å². The molecule has 7 nitrogen and oxygen atoms in total. The molecule has 30 heavy (non-hydrogen) atoms. The Kier molecular flexibility index (Phi) is 4.95. The number of urea groups is 1. The van der Waals surface area contributed by atoms with Crippen LogP contribution in [-0.2, 0) is 15.1 Å². The van der Waals surface area contributed by atoms with Gasteiger partial charge in [-0.3, -0.25) is 0 Å². The first-order valence-corrected chi connectivity index (χ1v) is 9.82. The fourth-order valence-electron chi connectivity index (χ4n) is 4.16. The normalized spacial score (nSPS) is 24.0. The maximum Gasteiger partial charge on any atom is 0.420 e. The van der Waals surface area contributed by atoms with E-state index in [1.165, 1.54) is 31.2 Å². The Bertz CT molecular complexity index is 929. The van der Waals surface area contributed by atoms with Crippen LogP contribution < -0.4 is 5.32 Å². The topological polar surface area (TPSA) is 74.2 Å². The Morgan fingerprint density at radius 3 is 2.63 bits per heavy atom. The Morgan fingerprint density at radius 2 is 1.97 bits per heavy atom. The number of halogens is 3. The number of hydrogen-bond acceptors (Lipinski definition) is 5. The molecule has 0 aliphatic carbocycles. The van der Waals surface area contributed by atoms with Crippen molar-refractivity contribution in [3.8, 4) is 0 Å². The number of nitrogens with one attached hydrogen (secondary N) is 1. The van der Waals surface area contributed by atoms with Gasteiger partial charge >= 0.3 is 18.2 Å². The molecule has 1 fully saturated rings. The predicted molar refractivity (Wildman–Crippen MR) is 101 cm³/mol. The number of hydrogen-bond donors (Lipinski definition) is 1. The van der Waals surface area contributed by atoms with E-state index in [1.807, 2.05) is 5.32 Å². The van der Waals surface area contributed by atoms with Gasteiger partial charge in [0.05, 0.1) is 6.61 Å². The van der Waals surface area contributed by atoms with Gasteiger partial charge in [-0.1, -0.05) is 36.8 Å². The zero-order valence-corrected chi connectivity index (χ0v) is 16.3. The van der Waals surface area contributed by atoms with Gasteiger partial charge in [-0.25, -0.2) is 9.59 Å². The summed E-state index contributed by atoms with van der Waals surface area (Å²) in [6.45, 7) is 1.77. The first-order valence-electron chi connectivity index (χ1n) is 9.82. The van der Waals surface area contributed by atoms with Crippen molar-refractivity contribution in [2.45, 2.75) is 44.3 Å². The first kappa shape index (κ1) is 20.2. The third-order valence-corrected chi connectivity index (χ3v) is 5.46. The lowest BCUT2D eigenvalue weighted by Crippen LogP contribution is -2.65. The fraction of sp³-hybridized carbons (Fsp3) is 0.450. The maximum absolute atomic E-state index is 14.7. The summed E-state index contributed by atoms with van der Waals surface area (Å²) in [4.78, 5) is 27.4. The molecule has 3 aliphatic rings. The Morgan fingerprint density at radius 1 is 1.23 bits per heavy atom. The van der Waals surface area contributed by atoms with Crippen LogP contribution >= 0.6 is 0 Å². The smallest absolute Gasteiger partial charge is 0.420 e. The second kappa shape index (κ2) is 7.33. The van der Waals surface area contributed by atoms with Gasteiger partial charge < -0.3 is 15.0 Å². The average Bonchev–Trinajstić information content (AvgIpc) is 2.90. The van der Waals surface area contributed by atoms with Gasteiger partial charge in [0, 0.05) is 13.0 Å². The van der Waals surface area contributed by atoms with Crippen molar-refractivity contribution in [1.29, 1.82) is 0 Å². The Balaban J connectivity index is 2.03. The molecule has 0 spiro atoms. The van der Waals surface area contributed by atoms with E-state index in [0.29, 0.717) is 25.2 Å². The number of esters is 1. The highest BCUT2D eigenvalue weighted by Crippen LogP contribution is 2.50. The third-order valence-electron chi connectivity index (χ3n) is 5.46. The molecule has 4 rings (SSSR count). The van der Waals surface area contributed by atoms with E-state index in [9.17, 15) is 22.8 Å². The molecular weight excluding hydrogens is 401 g/mol. The van der Waals surface area contributed by atoms with E-state index in [4.69, 9.17) is 4.74 Å². The zero-order valence-electron chi connectivity index (χ0n) is 16.3. The number of fused-ring (bicyclic) bond motifs is 3. The summed E-state index contributed by atoms with van der Waals surface area (Å²) >= 11 is 0. The van der Waals surface area contributed by atoms with Crippen molar-refractivity contribution in [1.82, 2.24) is 15.2 Å². The molecule has 0 saturated carbocycles. The van der Waals surface area contributed by atoms with Gasteiger partial charge in [0.2, 0.25) is 0 Å². The predicted octanol–water partition coefficient (Wildman–Crippen LogP) is 3.45. The maximum atomic E-state index is 14.7. The van der Waals surface area contributed by atoms with Crippen LogP contribution in [-0.4, -0.2) is 47.1 Å². The number of alkyl halides is 3. The molecule has 1 aromatic rings. The van der Waals surface area contributed by atoms with E-state index in [-0.39, 0.29) is 18.0 Å². The summed E-state index contributed by atoms with van der Waals surface area (Å²) in [5.74, 6) is -0.833. The number of amides is 2. The number of benzene rings is 1. The summed E-state index contributed by atoms with van der Waals surface area (Å²) in [6, 6.07) is 5.85. The minimum atomic E-state index is -5.01. The number of amidine groups is 1. The lowest BCUT2D eigenvalue weighted by molar-refractivity contribution is -0.192. The average molecular weight is 422 g/mol. The van der Waals surface area contributed by atoms with Gasteiger partial charge in [-0.15, -0.1) is 5.10 Å². The van der Waals surface area contributed by atoms with Crippen molar-refractivity contribution >= 4 is 17.8 Å². The van der Waals surface area contributed by atoms with Gasteiger partial charge in [0.15, 0.2) is 11.4 Å². The molecule has 1 N–H and O–H groups in total. The minimum Gasteiger partial charge on any atom is -0.462 e. The van der Waals surface area contributed by atoms with Crippen molar-refractivity contribution < 1.29 is 27.5 Å². The van der Waals surface area contributed by atoms with Crippen LogP contribution in [0.5, 0.6) is 0 Å². The van der Waals surface area contributed by atoms with Gasteiger partial charge in [0.1, 0.15) is 11.4 Å². The summed E-state index contributed by atoms with van der Waals surface area (Å²) in [7, 11) is 0. The second-order valence-corrected chi connectivity index (χ2v) is 7.25. The van der Waals surface area contributed by atoms with Crippen LogP contribution in [0.25, 0.3) is 0 Å². The zero-order chi connectivity index (χ0) is 21.5. The van der Waals surface area contributed by atoms with Gasteiger partial charge in [-0.2, -0.15) is 18.2 Å². The number of carbonyl (C=O) groups is 2. The van der Waals surface area contributed by atoms with Gasteiger partial charge in [0.25, 0.3) is 0 Å². The molecule has 160 valence electrons. The minimum absolute atomic E-state index is 0.111. The number of nitrogens with zero attached hydrogens (tertiary/aromatic N) is 3.